The SMILES string of the molecule is CC(=NOCC(=O)Nc1ccc2c(c1)OCCCO2)c1ccc(S(=O)(=O)N(C)C)cc1. The number of amides is 1. The van der Waals surface area contributed by atoms with E-state index in [2.05, 4.69) is 10.5 Å². The molecule has 0 unspecified atom stereocenters. The molecule has 0 fully saturated rings. The topological polar surface area (TPSA) is 107 Å². The van der Waals surface area contributed by atoms with E-state index in [0.29, 0.717) is 41.7 Å². The summed E-state index contributed by atoms with van der Waals surface area (Å²) in [6, 6.07) is 11.5. The Hall–Kier alpha value is -3.11. The van der Waals surface area contributed by atoms with Crippen molar-refractivity contribution >= 4 is 27.3 Å². The van der Waals surface area contributed by atoms with E-state index in [1.54, 1.807) is 37.3 Å². The van der Waals surface area contributed by atoms with E-state index in [9.17, 15) is 13.2 Å². The number of carbonyl (C=O) groups excluding carboxylic acids is 1. The lowest BCUT2D eigenvalue weighted by Gasteiger charge is -2.11. The van der Waals surface area contributed by atoms with Crippen LogP contribution < -0.4 is 14.8 Å². The minimum Gasteiger partial charge on any atom is -0.490 e. The second kappa shape index (κ2) is 9.80. The number of ether oxygens (including phenoxy) is 2. The molecule has 0 atom stereocenters. The van der Waals surface area contributed by atoms with Crippen molar-refractivity contribution in [2.45, 2.75) is 18.2 Å². The van der Waals surface area contributed by atoms with Crippen LogP contribution in [0.2, 0.25) is 0 Å². The number of hydrogen-bond donors (Lipinski definition) is 1. The number of oxime groups is 1. The van der Waals surface area contributed by atoms with E-state index >= 15 is 0 Å². The summed E-state index contributed by atoms with van der Waals surface area (Å²) < 4.78 is 36.6. The zero-order chi connectivity index (χ0) is 22.4. The number of nitrogens with one attached hydrogen (secondary N) is 1. The van der Waals surface area contributed by atoms with Gasteiger partial charge in [0.15, 0.2) is 18.1 Å². The predicted octanol–water partition coefficient (Wildman–Crippen LogP) is 2.48. The summed E-state index contributed by atoms with van der Waals surface area (Å²) in [4.78, 5) is 17.5. The van der Waals surface area contributed by atoms with E-state index < -0.39 is 10.0 Å². The van der Waals surface area contributed by atoms with Crippen LogP contribution in [0.3, 0.4) is 0 Å². The summed E-state index contributed by atoms with van der Waals surface area (Å²) in [6.07, 6.45) is 0.801. The Labute approximate surface area is 181 Å². The van der Waals surface area contributed by atoms with Crippen molar-refractivity contribution in [3.63, 3.8) is 0 Å². The van der Waals surface area contributed by atoms with Gasteiger partial charge in [-0.2, -0.15) is 0 Å². The van der Waals surface area contributed by atoms with Gasteiger partial charge >= 0.3 is 0 Å². The zero-order valence-electron chi connectivity index (χ0n) is 17.6. The second-order valence-electron chi connectivity index (χ2n) is 7.02. The van der Waals surface area contributed by atoms with Gasteiger partial charge < -0.3 is 19.6 Å². The Morgan fingerprint density at radius 2 is 1.77 bits per heavy atom. The molecule has 2 aromatic rings. The summed E-state index contributed by atoms with van der Waals surface area (Å²) in [5.74, 6) is 0.861. The van der Waals surface area contributed by atoms with Crippen LogP contribution in [0.1, 0.15) is 18.9 Å². The van der Waals surface area contributed by atoms with Crippen molar-refractivity contribution < 1.29 is 27.5 Å². The standard InChI is InChI=1S/C21H25N3O6S/c1-15(16-5-8-18(9-6-16)31(26,27)24(2)3)23-30-14-21(25)22-17-7-10-19-20(13-17)29-12-4-11-28-19/h5-10,13H,4,11-12,14H2,1-3H3,(H,22,25). The molecular weight excluding hydrogens is 422 g/mol. The van der Waals surface area contributed by atoms with Crippen LogP contribution in [0.15, 0.2) is 52.5 Å². The molecule has 0 spiro atoms. The van der Waals surface area contributed by atoms with Crippen molar-refractivity contribution in [3.8, 4) is 11.5 Å². The van der Waals surface area contributed by atoms with Crippen LogP contribution >= 0.6 is 0 Å². The van der Waals surface area contributed by atoms with Crippen LogP contribution in [-0.2, 0) is 19.7 Å². The maximum absolute atomic E-state index is 12.1. The largest absolute Gasteiger partial charge is 0.490 e. The second-order valence-corrected chi connectivity index (χ2v) is 9.17. The summed E-state index contributed by atoms with van der Waals surface area (Å²) in [7, 11) is -0.546. The molecule has 1 heterocycles. The molecule has 31 heavy (non-hydrogen) atoms. The summed E-state index contributed by atoms with van der Waals surface area (Å²) in [6.45, 7) is 2.58. The van der Waals surface area contributed by atoms with Gasteiger partial charge in [-0.05, 0) is 36.8 Å². The lowest BCUT2D eigenvalue weighted by Crippen LogP contribution is -2.22. The first kappa shape index (κ1) is 22.6. The Bertz CT molecular complexity index is 1070. The Morgan fingerprint density at radius 3 is 2.45 bits per heavy atom. The number of rotatable bonds is 7. The molecule has 0 radical (unpaired) electrons. The Balaban J connectivity index is 1.55. The van der Waals surface area contributed by atoms with E-state index in [-0.39, 0.29) is 17.4 Å². The van der Waals surface area contributed by atoms with Gasteiger partial charge in [-0.15, -0.1) is 0 Å². The van der Waals surface area contributed by atoms with Gasteiger partial charge in [0.2, 0.25) is 10.0 Å². The molecule has 9 nitrogen and oxygen atoms in total. The van der Waals surface area contributed by atoms with Crippen molar-refractivity contribution in [2.24, 2.45) is 5.16 Å². The highest BCUT2D eigenvalue weighted by Gasteiger charge is 2.17. The van der Waals surface area contributed by atoms with Gasteiger partial charge in [-0.1, -0.05) is 17.3 Å². The van der Waals surface area contributed by atoms with Gasteiger partial charge in [0.25, 0.3) is 5.91 Å². The molecule has 3 rings (SSSR count). The molecule has 0 aromatic heterocycles. The number of nitrogens with zero attached hydrogens (tertiary/aromatic N) is 2. The third-order valence-electron chi connectivity index (χ3n) is 4.48. The molecule has 166 valence electrons. The van der Waals surface area contributed by atoms with Crippen molar-refractivity contribution in [2.75, 3.05) is 39.2 Å². The lowest BCUT2D eigenvalue weighted by molar-refractivity contribution is -0.120. The van der Waals surface area contributed by atoms with Crippen molar-refractivity contribution in [1.29, 1.82) is 0 Å². The molecule has 1 amide bonds. The Kier molecular flexibility index (Phi) is 7.13. The summed E-state index contributed by atoms with van der Waals surface area (Å²) in [5.41, 5.74) is 1.76. The Morgan fingerprint density at radius 1 is 1.10 bits per heavy atom. The maximum Gasteiger partial charge on any atom is 0.265 e. The fourth-order valence-corrected chi connectivity index (χ4v) is 3.66. The van der Waals surface area contributed by atoms with Crippen LogP contribution in [0.4, 0.5) is 5.69 Å². The van der Waals surface area contributed by atoms with Gasteiger partial charge in [0.05, 0.1) is 23.8 Å². The van der Waals surface area contributed by atoms with Crippen LogP contribution in [-0.4, -0.2) is 58.3 Å². The van der Waals surface area contributed by atoms with Gasteiger partial charge in [-0.3, -0.25) is 4.79 Å². The summed E-state index contributed by atoms with van der Waals surface area (Å²) >= 11 is 0. The zero-order valence-corrected chi connectivity index (χ0v) is 18.4. The number of fused-ring (bicyclic) bond motifs is 1. The first-order valence-corrected chi connectivity index (χ1v) is 11.1. The van der Waals surface area contributed by atoms with Crippen LogP contribution in [0.25, 0.3) is 0 Å². The van der Waals surface area contributed by atoms with Crippen LogP contribution in [0, 0.1) is 0 Å². The smallest absolute Gasteiger partial charge is 0.265 e. The van der Waals surface area contributed by atoms with E-state index in [0.717, 1.165) is 10.7 Å². The quantitative estimate of drug-likeness (QED) is 0.516. The fourth-order valence-electron chi connectivity index (χ4n) is 2.76. The minimum atomic E-state index is -3.49. The number of anilines is 1. The highest BCUT2D eigenvalue weighted by atomic mass is 32.2. The molecule has 1 N–H and O–H groups in total. The highest BCUT2D eigenvalue weighted by Crippen LogP contribution is 2.32. The van der Waals surface area contributed by atoms with Gasteiger partial charge in [0, 0.05) is 32.3 Å². The molecule has 1 aliphatic heterocycles. The molecule has 0 aliphatic carbocycles. The third-order valence-corrected chi connectivity index (χ3v) is 6.31. The number of hydrogen-bond acceptors (Lipinski definition) is 7. The van der Waals surface area contributed by atoms with E-state index in [4.69, 9.17) is 14.3 Å². The average molecular weight is 448 g/mol. The number of benzene rings is 2. The number of sulfonamides is 1. The maximum atomic E-state index is 12.1. The molecule has 0 saturated heterocycles. The molecule has 1 aliphatic rings. The van der Waals surface area contributed by atoms with Crippen molar-refractivity contribution in [1.82, 2.24) is 4.31 Å². The first-order chi connectivity index (χ1) is 14.8. The minimum absolute atomic E-state index is 0.185. The lowest BCUT2D eigenvalue weighted by atomic mass is 10.1. The van der Waals surface area contributed by atoms with Gasteiger partial charge in [-0.25, -0.2) is 12.7 Å². The van der Waals surface area contributed by atoms with Gasteiger partial charge in [0.1, 0.15) is 0 Å². The van der Waals surface area contributed by atoms with Crippen LogP contribution in [0.5, 0.6) is 11.5 Å². The van der Waals surface area contributed by atoms with E-state index in [1.807, 2.05) is 0 Å². The molecule has 0 saturated carbocycles. The molecule has 0 bridgehead atoms. The normalized spacial score (nSPS) is 14.1. The van der Waals surface area contributed by atoms with Crippen molar-refractivity contribution in [3.05, 3.63) is 48.0 Å². The first-order valence-electron chi connectivity index (χ1n) is 9.66. The third kappa shape index (κ3) is 5.74. The number of carbonyl (C=O) groups is 1. The summed E-state index contributed by atoms with van der Waals surface area (Å²) in [5, 5.41) is 6.66. The fraction of sp³-hybridized carbons (Fsp3) is 0.333. The van der Waals surface area contributed by atoms with E-state index in [1.165, 1.54) is 26.2 Å². The molecular formula is C21H25N3O6S. The predicted molar refractivity (Wildman–Crippen MR) is 116 cm³/mol. The highest BCUT2D eigenvalue weighted by molar-refractivity contribution is 7.89. The average Bonchev–Trinajstić information content (AvgIpc) is 2.98. The molecule has 2 aromatic carbocycles. The monoisotopic (exact) mass is 447 g/mol. The molecule has 10 heteroatoms.